The largest absolute Gasteiger partial charge is 0.341 e. The third-order valence-electron chi connectivity index (χ3n) is 9.86. The number of thiophene rings is 1. The van der Waals surface area contributed by atoms with E-state index in [2.05, 4.69) is 63.1 Å². The third kappa shape index (κ3) is 3.67. The van der Waals surface area contributed by atoms with Crippen molar-refractivity contribution in [2.75, 3.05) is 13.1 Å². The first kappa shape index (κ1) is 23.4. The van der Waals surface area contributed by atoms with E-state index >= 15 is 0 Å². The zero-order chi connectivity index (χ0) is 26.2. The van der Waals surface area contributed by atoms with Crippen LogP contribution in [-0.2, 0) is 0 Å². The molecule has 1 saturated carbocycles. The van der Waals surface area contributed by atoms with Crippen LogP contribution in [0.15, 0.2) is 48.7 Å². The molecule has 9 rings (SSSR count). The average molecular weight is 547 g/mol. The molecule has 0 amide bonds. The molecule has 4 atom stereocenters. The molecule has 4 N–H and O–H groups in total. The highest BCUT2D eigenvalue weighted by atomic mass is 32.1. The van der Waals surface area contributed by atoms with Crippen molar-refractivity contribution in [2.45, 2.75) is 68.9 Å². The van der Waals surface area contributed by atoms with Crippen molar-refractivity contribution < 1.29 is 0 Å². The van der Waals surface area contributed by atoms with E-state index in [-0.39, 0.29) is 0 Å². The Morgan fingerprint density at radius 3 is 2.27 bits per heavy atom. The Kier molecular flexibility index (Phi) is 5.35. The number of aromatic nitrogens is 4. The summed E-state index contributed by atoms with van der Waals surface area (Å²) in [5, 5.41) is 7.14. The van der Waals surface area contributed by atoms with Gasteiger partial charge in [0.25, 0.3) is 0 Å². The summed E-state index contributed by atoms with van der Waals surface area (Å²) < 4.78 is 0. The standard InChI is InChI=1S/C33H34N6S/c1-3-24(34-13-1)32-36-17-27(39-32)29-12-11-28(40-29)22-9-8-21(30-19-5-6-20(15-19)31(22)30)18-7-10-23-26(16-18)38-33(37-23)25-4-2-14-35-25/h7-12,16-17,19-20,24-25,34-35H,1-6,13-15H2,(H,36,39)(H,37,38)/t19?,20?,24-,25-/m0/s1. The van der Waals surface area contributed by atoms with Gasteiger partial charge < -0.3 is 20.6 Å². The molecule has 2 aliphatic heterocycles. The molecule has 5 aromatic rings. The van der Waals surface area contributed by atoms with Gasteiger partial charge in [-0.15, -0.1) is 11.3 Å². The maximum atomic E-state index is 4.92. The van der Waals surface area contributed by atoms with Crippen LogP contribution in [0.1, 0.15) is 91.6 Å². The smallest absolute Gasteiger partial charge is 0.124 e. The Balaban J connectivity index is 1.08. The number of hydrogen-bond donors (Lipinski definition) is 4. The normalized spacial score (nSPS) is 25.4. The maximum Gasteiger partial charge on any atom is 0.124 e. The number of hydrogen-bond acceptors (Lipinski definition) is 5. The predicted octanol–water partition coefficient (Wildman–Crippen LogP) is 7.56. The Bertz CT molecular complexity index is 1730. The quantitative estimate of drug-likeness (QED) is 0.183. The van der Waals surface area contributed by atoms with E-state index in [1.165, 1.54) is 58.5 Å². The minimum atomic E-state index is 0.360. The number of rotatable bonds is 5. The van der Waals surface area contributed by atoms with E-state index in [4.69, 9.17) is 9.97 Å². The fourth-order valence-electron chi connectivity index (χ4n) is 7.95. The number of nitrogens with zero attached hydrogens (tertiary/aromatic N) is 2. The van der Waals surface area contributed by atoms with Crippen LogP contribution in [0.2, 0.25) is 0 Å². The van der Waals surface area contributed by atoms with Crippen LogP contribution in [0.5, 0.6) is 0 Å². The third-order valence-corrected chi connectivity index (χ3v) is 11.0. The highest BCUT2D eigenvalue weighted by Gasteiger charge is 2.40. The molecule has 3 aromatic heterocycles. The van der Waals surface area contributed by atoms with Gasteiger partial charge in [-0.05, 0) is 122 Å². The summed E-state index contributed by atoms with van der Waals surface area (Å²) in [6.45, 7) is 2.17. The molecular formula is C33H34N6S. The van der Waals surface area contributed by atoms with E-state index < -0.39 is 0 Å². The fourth-order valence-corrected chi connectivity index (χ4v) is 8.96. The number of H-pyrrole nitrogens is 2. The van der Waals surface area contributed by atoms with Crippen molar-refractivity contribution in [2.24, 2.45) is 0 Å². The molecule has 3 fully saturated rings. The van der Waals surface area contributed by atoms with Crippen molar-refractivity contribution in [1.82, 2.24) is 30.6 Å². The molecule has 6 nitrogen and oxygen atoms in total. The van der Waals surface area contributed by atoms with E-state index in [1.54, 1.807) is 11.1 Å². The zero-order valence-electron chi connectivity index (χ0n) is 22.6. The maximum absolute atomic E-state index is 4.92. The summed E-state index contributed by atoms with van der Waals surface area (Å²) in [7, 11) is 0. The molecule has 2 aromatic carbocycles. The highest BCUT2D eigenvalue weighted by Crippen LogP contribution is 2.59. The van der Waals surface area contributed by atoms with E-state index in [0.717, 1.165) is 54.3 Å². The second kappa shape index (κ2) is 9.13. The van der Waals surface area contributed by atoms with Crippen LogP contribution in [0.3, 0.4) is 0 Å². The summed E-state index contributed by atoms with van der Waals surface area (Å²) in [4.78, 5) is 19.5. The minimum absolute atomic E-state index is 0.360. The first-order chi connectivity index (χ1) is 19.8. The van der Waals surface area contributed by atoms with Crippen molar-refractivity contribution >= 4 is 22.4 Å². The lowest BCUT2D eigenvalue weighted by molar-refractivity contribution is 0.613. The summed E-state index contributed by atoms with van der Waals surface area (Å²) in [5.41, 5.74) is 10.7. The summed E-state index contributed by atoms with van der Waals surface area (Å²) in [5.74, 6) is 3.52. The SMILES string of the molecule is c1cc2nc([C@@H]3CCCN3)[nH]c2cc1-c1ccc(-c2ccc(-c3cnc([C@@H]4CCCN4)[nH]3)s2)c2c1C1CCC2C1. The summed E-state index contributed by atoms with van der Waals surface area (Å²) in [6, 6.07) is 16.9. The van der Waals surface area contributed by atoms with Gasteiger partial charge in [-0.2, -0.15) is 0 Å². The van der Waals surface area contributed by atoms with E-state index in [1.807, 2.05) is 17.5 Å². The van der Waals surface area contributed by atoms with Gasteiger partial charge >= 0.3 is 0 Å². The van der Waals surface area contributed by atoms with Crippen LogP contribution in [0.4, 0.5) is 0 Å². The molecule has 2 unspecified atom stereocenters. The van der Waals surface area contributed by atoms with Crippen molar-refractivity contribution in [3.05, 3.63) is 71.4 Å². The molecule has 0 spiro atoms. The van der Waals surface area contributed by atoms with Crippen molar-refractivity contribution in [3.63, 3.8) is 0 Å². The average Bonchev–Trinajstić information content (AvgIpc) is 3.84. The first-order valence-electron chi connectivity index (χ1n) is 15.1. The molecule has 2 saturated heterocycles. The molecule has 0 radical (unpaired) electrons. The van der Waals surface area contributed by atoms with Gasteiger partial charge in [0.1, 0.15) is 11.6 Å². The number of aromatic amines is 2. The topological polar surface area (TPSA) is 81.4 Å². The Hall–Kier alpha value is -3.26. The summed E-state index contributed by atoms with van der Waals surface area (Å²) in [6.07, 6.45) is 10.7. The van der Waals surface area contributed by atoms with Crippen LogP contribution < -0.4 is 10.6 Å². The van der Waals surface area contributed by atoms with Crippen LogP contribution in [0, 0.1) is 0 Å². The number of fused-ring (bicyclic) bond motifs is 6. The molecule has 5 heterocycles. The molecule has 2 aliphatic carbocycles. The van der Waals surface area contributed by atoms with Gasteiger partial charge in [-0.25, -0.2) is 9.97 Å². The number of nitrogens with one attached hydrogen (secondary N) is 4. The monoisotopic (exact) mass is 546 g/mol. The second-order valence-corrected chi connectivity index (χ2v) is 13.3. The van der Waals surface area contributed by atoms with Crippen LogP contribution >= 0.6 is 11.3 Å². The number of imidazole rings is 2. The molecule has 4 aliphatic rings. The summed E-state index contributed by atoms with van der Waals surface area (Å²) >= 11 is 1.90. The lowest BCUT2D eigenvalue weighted by Gasteiger charge is -2.22. The van der Waals surface area contributed by atoms with Crippen LogP contribution in [-0.4, -0.2) is 33.0 Å². The Labute approximate surface area is 238 Å². The molecule has 2 bridgehead atoms. The lowest BCUT2D eigenvalue weighted by atomic mass is 9.83. The predicted molar refractivity (Wildman–Crippen MR) is 162 cm³/mol. The highest BCUT2D eigenvalue weighted by molar-refractivity contribution is 7.18. The lowest BCUT2D eigenvalue weighted by Crippen LogP contribution is -2.14. The molecule has 40 heavy (non-hydrogen) atoms. The van der Waals surface area contributed by atoms with Gasteiger partial charge in [0, 0.05) is 4.88 Å². The first-order valence-corrected chi connectivity index (χ1v) is 15.9. The molecular weight excluding hydrogens is 512 g/mol. The number of benzene rings is 2. The van der Waals surface area contributed by atoms with E-state index in [9.17, 15) is 0 Å². The Morgan fingerprint density at radius 1 is 0.725 bits per heavy atom. The molecule has 202 valence electrons. The van der Waals surface area contributed by atoms with Gasteiger partial charge in [0.15, 0.2) is 0 Å². The molecule has 7 heteroatoms. The van der Waals surface area contributed by atoms with E-state index in [0.29, 0.717) is 23.9 Å². The van der Waals surface area contributed by atoms with Crippen molar-refractivity contribution in [1.29, 1.82) is 0 Å². The van der Waals surface area contributed by atoms with Gasteiger partial charge in [-0.3, -0.25) is 0 Å². The second-order valence-electron chi connectivity index (χ2n) is 12.2. The van der Waals surface area contributed by atoms with Crippen molar-refractivity contribution in [3.8, 4) is 32.1 Å². The van der Waals surface area contributed by atoms with Gasteiger partial charge in [-0.1, -0.05) is 18.2 Å². The zero-order valence-corrected chi connectivity index (χ0v) is 23.4. The van der Waals surface area contributed by atoms with Gasteiger partial charge in [0.05, 0.1) is 39.9 Å². The Morgan fingerprint density at radius 2 is 1.48 bits per heavy atom. The minimum Gasteiger partial charge on any atom is -0.341 e. The fraction of sp³-hybridized carbons (Fsp3) is 0.394. The van der Waals surface area contributed by atoms with Crippen LogP contribution in [0.25, 0.3) is 43.2 Å². The van der Waals surface area contributed by atoms with Gasteiger partial charge in [0.2, 0.25) is 0 Å².